The Morgan fingerprint density at radius 1 is 1.33 bits per heavy atom. The largest absolute Gasteiger partial charge is 0.394 e. The zero-order valence-electron chi connectivity index (χ0n) is 13.8. The van der Waals surface area contributed by atoms with Crippen LogP contribution in [-0.2, 0) is 13.0 Å². The van der Waals surface area contributed by atoms with Crippen LogP contribution in [0.3, 0.4) is 0 Å². The van der Waals surface area contributed by atoms with Crippen LogP contribution in [0.25, 0.3) is 11.4 Å². The van der Waals surface area contributed by atoms with E-state index in [1.54, 1.807) is 24.2 Å². The number of aliphatic hydroxyl groups excluding tert-OH is 1. The molecule has 24 heavy (non-hydrogen) atoms. The minimum atomic E-state index is 0.0108. The molecule has 0 unspecified atom stereocenters. The predicted octanol–water partition coefficient (Wildman–Crippen LogP) is 1.71. The summed E-state index contributed by atoms with van der Waals surface area (Å²) in [5.41, 5.74) is 3.15. The van der Waals surface area contributed by atoms with Crippen LogP contribution < -0.4 is 10.6 Å². The van der Waals surface area contributed by atoms with E-state index in [0.717, 1.165) is 54.3 Å². The minimum absolute atomic E-state index is 0.0108. The molecule has 0 saturated heterocycles. The van der Waals surface area contributed by atoms with E-state index in [4.69, 9.17) is 9.97 Å². The predicted molar refractivity (Wildman–Crippen MR) is 98.2 cm³/mol. The highest BCUT2D eigenvalue weighted by Gasteiger charge is 2.20. The van der Waals surface area contributed by atoms with E-state index in [0.29, 0.717) is 5.82 Å². The van der Waals surface area contributed by atoms with E-state index < -0.39 is 0 Å². The lowest BCUT2D eigenvalue weighted by Gasteiger charge is -2.23. The van der Waals surface area contributed by atoms with Gasteiger partial charge >= 0.3 is 0 Å². The van der Waals surface area contributed by atoms with Crippen LogP contribution >= 0.6 is 11.8 Å². The van der Waals surface area contributed by atoms with Gasteiger partial charge in [-0.2, -0.15) is 11.8 Å². The third-order valence-corrected chi connectivity index (χ3v) is 4.75. The van der Waals surface area contributed by atoms with Crippen molar-refractivity contribution in [3.05, 3.63) is 35.8 Å². The first-order valence-electron chi connectivity index (χ1n) is 8.19. The van der Waals surface area contributed by atoms with Crippen molar-refractivity contribution in [3.63, 3.8) is 0 Å². The van der Waals surface area contributed by atoms with E-state index in [-0.39, 0.29) is 12.6 Å². The van der Waals surface area contributed by atoms with Crippen LogP contribution in [0.15, 0.2) is 24.5 Å². The Kier molecular flexibility index (Phi) is 6.01. The summed E-state index contributed by atoms with van der Waals surface area (Å²) in [6.45, 7) is 1.77. The van der Waals surface area contributed by atoms with Crippen LogP contribution in [0.1, 0.15) is 17.7 Å². The van der Waals surface area contributed by atoms with Gasteiger partial charge in [0.25, 0.3) is 0 Å². The molecule has 0 amide bonds. The number of aromatic nitrogens is 3. The molecule has 0 spiro atoms. The third-order valence-electron chi connectivity index (χ3n) is 4.11. The standard InChI is InChI=1S/C17H23N5OS/c1-24-9-5-13(11-23)20-17-14-4-8-19-10-15(14)21-16(22-17)12-2-6-18-7-3-12/h2-3,6-7,13,19,23H,4-5,8-11H2,1H3,(H,20,21,22)/t13-/m0/s1. The topological polar surface area (TPSA) is 83.0 Å². The summed E-state index contributed by atoms with van der Waals surface area (Å²) in [7, 11) is 0. The number of rotatable bonds is 7. The Labute approximate surface area is 146 Å². The van der Waals surface area contributed by atoms with Gasteiger partial charge in [0.15, 0.2) is 5.82 Å². The van der Waals surface area contributed by atoms with Crippen LogP contribution in [0, 0.1) is 0 Å². The Morgan fingerprint density at radius 3 is 2.92 bits per heavy atom. The van der Waals surface area contributed by atoms with Gasteiger partial charge in [-0.25, -0.2) is 9.97 Å². The lowest BCUT2D eigenvalue weighted by molar-refractivity contribution is 0.272. The van der Waals surface area contributed by atoms with Crippen LogP contribution in [0.2, 0.25) is 0 Å². The lowest BCUT2D eigenvalue weighted by Crippen LogP contribution is -2.30. The number of nitrogens with zero attached hydrogens (tertiary/aromatic N) is 3. The van der Waals surface area contributed by atoms with Gasteiger partial charge in [-0.05, 0) is 43.5 Å². The van der Waals surface area contributed by atoms with Gasteiger partial charge in [-0.3, -0.25) is 4.98 Å². The molecule has 3 rings (SSSR count). The monoisotopic (exact) mass is 345 g/mol. The average Bonchev–Trinajstić information content (AvgIpc) is 2.65. The van der Waals surface area contributed by atoms with E-state index in [2.05, 4.69) is 21.9 Å². The number of anilines is 1. The van der Waals surface area contributed by atoms with Crippen molar-refractivity contribution in [3.8, 4) is 11.4 Å². The summed E-state index contributed by atoms with van der Waals surface area (Å²) in [6.07, 6.45) is 7.37. The minimum Gasteiger partial charge on any atom is -0.394 e. The van der Waals surface area contributed by atoms with Gasteiger partial charge in [-0.15, -0.1) is 0 Å². The van der Waals surface area contributed by atoms with Crippen molar-refractivity contribution in [1.82, 2.24) is 20.3 Å². The third kappa shape index (κ3) is 4.03. The number of nitrogens with one attached hydrogen (secondary N) is 2. The highest BCUT2D eigenvalue weighted by Crippen LogP contribution is 2.25. The SMILES string of the molecule is CSCC[C@@H](CO)Nc1nc(-c2ccncc2)nc2c1CCNC2. The highest BCUT2D eigenvalue weighted by molar-refractivity contribution is 7.98. The molecule has 0 aliphatic carbocycles. The number of thioether (sulfide) groups is 1. The van der Waals surface area contributed by atoms with Crippen molar-refractivity contribution >= 4 is 17.6 Å². The zero-order chi connectivity index (χ0) is 16.8. The van der Waals surface area contributed by atoms with Crippen molar-refractivity contribution in [2.45, 2.75) is 25.4 Å². The van der Waals surface area contributed by atoms with Crippen LogP contribution in [0.5, 0.6) is 0 Å². The first-order valence-corrected chi connectivity index (χ1v) is 9.58. The average molecular weight is 345 g/mol. The quantitative estimate of drug-likeness (QED) is 0.704. The number of hydrogen-bond acceptors (Lipinski definition) is 7. The maximum atomic E-state index is 9.67. The molecule has 2 aromatic rings. The Balaban J connectivity index is 1.94. The van der Waals surface area contributed by atoms with Gasteiger partial charge < -0.3 is 15.7 Å². The van der Waals surface area contributed by atoms with Gasteiger partial charge in [-0.1, -0.05) is 0 Å². The maximum Gasteiger partial charge on any atom is 0.161 e. The van der Waals surface area contributed by atoms with E-state index in [1.165, 1.54) is 0 Å². The van der Waals surface area contributed by atoms with E-state index >= 15 is 0 Å². The number of fused-ring (bicyclic) bond motifs is 1. The van der Waals surface area contributed by atoms with Crippen molar-refractivity contribution in [2.75, 3.05) is 30.5 Å². The molecule has 2 aromatic heterocycles. The molecule has 0 aromatic carbocycles. The number of hydrogen-bond donors (Lipinski definition) is 3. The molecule has 1 atom stereocenters. The summed E-state index contributed by atoms with van der Waals surface area (Å²) in [4.78, 5) is 13.5. The Morgan fingerprint density at radius 2 is 2.17 bits per heavy atom. The maximum absolute atomic E-state index is 9.67. The summed E-state index contributed by atoms with van der Waals surface area (Å²) in [6, 6.07) is 3.84. The molecule has 7 heteroatoms. The molecule has 0 bridgehead atoms. The molecule has 0 radical (unpaired) electrons. The second kappa shape index (κ2) is 8.41. The number of pyridine rings is 1. The molecule has 0 fully saturated rings. The zero-order valence-corrected chi connectivity index (χ0v) is 14.6. The van der Waals surface area contributed by atoms with E-state index in [1.807, 2.05) is 12.1 Å². The lowest BCUT2D eigenvalue weighted by atomic mass is 10.1. The molecule has 6 nitrogen and oxygen atoms in total. The number of aliphatic hydroxyl groups is 1. The molecular formula is C17H23N5OS. The summed E-state index contributed by atoms with van der Waals surface area (Å²) >= 11 is 1.78. The summed E-state index contributed by atoms with van der Waals surface area (Å²) in [5, 5.41) is 16.5. The van der Waals surface area contributed by atoms with Crippen molar-refractivity contribution in [2.24, 2.45) is 0 Å². The molecule has 128 valence electrons. The van der Waals surface area contributed by atoms with Gasteiger partial charge in [0.1, 0.15) is 5.82 Å². The fraction of sp³-hybridized carbons (Fsp3) is 0.471. The smallest absolute Gasteiger partial charge is 0.161 e. The normalized spacial score (nSPS) is 14.9. The Bertz CT molecular complexity index is 668. The first kappa shape index (κ1) is 17.1. The second-order valence-corrected chi connectivity index (χ2v) is 6.77. The van der Waals surface area contributed by atoms with E-state index in [9.17, 15) is 5.11 Å². The molecule has 0 saturated carbocycles. The molecule has 1 aliphatic heterocycles. The van der Waals surface area contributed by atoms with Crippen LogP contribution in [0.4, 0.5) is 5.82 Å². The second-order valence-electron chi connectivity index (χ2n) is 5.79. The molecule has 1 aliphatic rings. The molecular weight excluding hydrogens is 322 g/mol. The van der Waals surface area contributed by atoms with Gasteiger partial charge in [0.2, 0.25) is 0 Å². The van der Waals surface area contributed by atoms with Crippen molar-refractivity contribution in [1.29, 1.82) is 0 Å². The summed E-state index contributed by atoms with van der Waals surface area (Å²) < 4.78 is 0. The van der Waals surface area contributed by atoms with Gasteiger partial charge in [0.05, 0.1) is 18.3 Å². The highest BCUT2D eigenvalue weighted by atomic mass is 32.2. The first-order chi connectivity index (χ1) is 11.8. The summed E-state index contributed by atoms with van der Waals surface area (Å²) in [5.74, 6) is 2.56. The van der Waals surface area contributed by atoms with Crippen LogP contribution in [-0.4, -0.2) is 51.3 Å². The fourth-order valence-corrected chi connectivity index (χ4v) is 3.29. The molecule has 3 heterocycles. The van der Waals surface area contributed by atoms with Crippen molar-refractivity contribution < 1.29 is 5.11 Å². The fourth-order valence-electron chi connectivity index (χ4n) is 2.77. The Hall–Kier alpha value is -1.70. The van der Waals surface area contributed by atoms with Gasteiger partial charge in [0, 0.05) is 30.1 Å². The molecule has 3 N–H and O–H groups in total.